The second-order valence-electron chi connectivity index (χ2n) is 9.01. The minimum Gasteiger partial charge on any atom is -0.354 e. The van der Waals surface area contributed by atoms with Gasteiger partial charge < -0.3 is 10.6 Å². The lowest BCUT2D eigenvalue weighted by atomic mass is 9.92. The lowest BCUT2D eigenvalue weighted by molar-refractivity contribution is -0.122. The zero-order valence-electron chi connectivity index (χ0n) is 19.0. The van der Waals surface area contributed by atoms with Crippen molar-refractivity contribution in [3.05, 3.63) is 56.5 Å². The molecule has 10 heteroatoms. The molecule has 3 rings (SSSR count). The number of rotatable bonds is 7. The van der Waals surface area contributed by atoms with Gasteiger partial charge in [0.05, 0.1) is 6.54 Å². The highest BCUT2D eigenvalue weighted by molar-refractivity contribution is 5.76. The second-order valence-corrected chi connectivity index (χ2v) is 9.01. The molecule has 0 bridgehead atoms. The molecule has 0 atom stereocenters. The summed E-state index contributed by atoms with van der Waals surface area (Å²) in [5.74, 6) is -0.154. The quantitative estimate of drug-likeness (QED) is 0.539. The summed E-state index contributed by atoms with van der Waals surface area (Å²) in [5, 5.41) is 5.95. The van der Waals surface area contributed by atoms with Crippen molar-refractivity contribution < 1.29 is 9.18 Å². The van der Waals surface area contributed by atoms with Crippen LogP contribution in [0.1, 0.15) is 32.8 Å². The number of hydrogen-bond donors (Lipinski definition) is 2. The van der Waals surface area contributed by atoms with Crippen LogP contribution < -0.4 is 21.9 Å². The number of fused-ring (bicyclic) bond motifs is 1. The number of carbonyl (C=O) groups is 1. The van der Waals surface area contributed by atoms with Crippen molar-refractivity contribution in [2.45, 2.75) is 33.7 Å². The van der Waals surface area contributed by atoms with Crippen molar-refractivity contribution in [3.63, 3.8) is 0 Å². The SMILES string of the molecule is Cn1c(=O)c2c(nc(NCCNC(=O)CC(C)(C)C)n2Cc2ccccc2F)n(C)c1=O. The highest BCUT2D eigenvalue weighted by atomic mass is 19.1. The molecule has 0 fully saturated rings. The van der Waals surface area contributed by atoms with Crippen LogP contribution in [0.25, 0.3) is 11.2 Å². The van der Waals surface area contributed by atoms with Gasteiger partial charge in [0.2, 0.25) is 11.9 Å². The molecular formula is C22H29FN6O3. The summed E-state index contributed by atoms with van der Waals surface area (Å²) in [6, 6.07) is 6.28. The summed E-state index contributed by atoms with van der Waals surface area (Å²) in [4.78, 5) is 41.7. The Labute approximate surface area is 184 Å². The third kappa shape index (κ3) is 4.90. The Morgan fingerprint density at radius 1 is 1.09 bits per heavy atom. The van der Waals surface area contributed by atoms with Crippen LogP contribution in [0.2, 0.25) is 0 Å². The number of hydrogen-bond acceptors (Lipinski definition) is 5. The molecule has 0 saturated carbocycles. The van der Waals surface area contributed by atoms with Crippen LogP contribution in [0.5, 0.6) is 0 Å². The fraction of sp³-hybridized carbons (Fsp3) is 0.455. The summed E-state index contributed by atoms with van der Waals surface area (Å²) < 4.78 is 18.2. The van der Waals surface area contributed by atoms with E-state index >= 15 is 0 Å². The minimum atomic E-state index is -0.515. The van der Waals surface area contributed by atoms with Gasteiger partial charge in [0.15, 0.2) is 11.2 Å². The maximum absolute atomic E-state index is 14.3. The van der Waals surface area contributed by atoms with E-state index in [0.29, 0.717) is 31.0 Å². The standard InChI is InChI=1S/C22H29FN6O3/c1-22(2,3)12-16(30)24-10-11-25-20-26-18-17(19(31)28(5)21(32)27(18)4)29(20)13-14-8-6-7-9-15(14)23/h6-9H,10-13H2,1-5H3,(H,24,30)(H,25,26). The van der Waals surface area contributed by atoms with Gasteiger partial charge in [-0.2, -0.15) is 4.98 Å². The zero-order valence-corrected chi connectivity index (χ0v) is 19.0. The van der Waals surface area contributed by atoms with Crippen molar-refractivity contribution in [1.29, 1.82) is 0 Å². The van der Waals surface area contributed by atoms with Crippen LogP contribution in [-0.2, 0) is 25.4 Å². The molecule has 9 nitrogen and oxygen atoms in total. The van der Waals surface area contributed by atoms with Crippen LogP contribution in [-0.4, -0.2) is 37.7 Å². The van der Waals surface area contributed by atoms with E-state index in [1.165, 1.54) is 24.7 Å². The second kappa shape index (κ2) is 8.97. The Morgan fingerprint density at radius 3 is 2.44 bits per heavy atom. The summed E-state index contributed by atoms with van der Waals surface area (Å²) in [5.41, 5.74) is -0.358. The van der Waals surface area contributed by atoms with Gasteiger partial charge in [0.25, 0.3) is 5.56 Å². The highest BCUT2D eigenvalue weighted by Gasteiger charge is 2.20. The predicted octanol–water partition coefficient (Wildman–Crippen LogP) is 1.59. The maximum Gasteiger partial charge on any atom is 0.332 e. The van der Waals surface area contributed by atoms with Gasteiger partial charge in [-0.3, -0.25) is 23.3 Å². The molecule has 1 amide bonds. The van der Waals surface area contributed by atoms with Crippen molar-refractivity contribution in [1.82, 2.24) is 24.0 Å². The largest absolute Gasteiger partial charge is 0.354 e. The molecule has 2 heterocycles. The van der Waals surface area contributed by atoms with E-state index in [0.717, 1.165) is 4.57 Å². The smallest absolute Gasteiger partial charge is 0.332 e. The molecule has 172 valence electrons. The maximum atomic E-state index is 14.3. The molecule has 2 N–H and O–H groups in total. The van der Waals surface area contributed by atoms with Crippen molar-refractivity contribution in [2.75, 3.05) is 18.4 Å². The molecule has 2 aromatic heterocycles. The molecule has 0 aliphatic carbocycles. The Balaban J connectivity index is 1.93. The number of aromatic nitrogens is 4. The van der Waals surface area contributed by atoms with Gasteiger partial charge in [-0.15, -0.1) is 0 Å². The first kappa shape index (κ1) is 23.2. The highest BCUT2D eigenvalue weighted by Crippen LogP contribution is 2.19. The number of amides is 1. The first-order valence-electron chi connectivity index (χ1n) is 10.4. The number of aryl methyl sites for hydroxylation is 1. The number of nitrogens with zero attached hydrogens (tertiary/aromatic N) is 4. The van der Waals surface area contributed by atoms with E-state index in [4.69, 9.17) is 0 Å². The fourth-order valence-electron chi connectivity index (χ4n) is 3.45. The number of halogens is 1. The van der Waals surface area contributed by atoms with Gasteiger partial charge in [-0.05, 0) is 11.5 Å². The summed E-state index contributed by atoms with van der Waals surface area (Å²) >= 11 is 0. The van der Waals surface area contributed by atoms with E-state index in [2.05, 4.69) is 15.6 Å². The topological polar surface area (TPSA) is 103 Å². The molecule has 1 aromatic carbocycles. The lowest BCUT2D eigenvalue weighted by Gasteiger charge is -2.17. The van der Waals surface area contributed by atoms with Gasteiger partial charge in [-0.1, -0.05) is 39.0 Å². The van der Waals surface area contributed by atoms with Crippen LogP contribution in [0.15, 0.2) is 33.9 Å². The molecular weight excluding hydrogens is 415 g/mol. The van der Waals surface area contributed by atoms with E-state index in [1.54, 1.807) is 22.8 Å². The monoisotopic (exact) mass is 444 g/mol. The number of nitrogens with one attached hydrogen (secondary N) is 2. The van der Waals surface area contributed by atoms with Crippen LogP contribution in [0, 0.1) is 11.2 Å². The van der Waals surface area contributed by atoms with Gasteiger partial charge in [0.1, 0.15) is 5.82 Å². The van der Waals surface area contributed by atoms with Crippen molar-refractivity contribution >= 4 is 23.0 Å². The van der Waals surface area contributed by atoms with E-state index in [9.17, 15) is 18.8 Å². The number of benzene rings is 1. The van der Waals surface area contributed by atoms with Crippen molar-refractivity contribution in [3.8, 4) is 0 Å². The molecule has 0 radical (unpaired) electrons. The molecule has 0 aliphatic heterocycles. The van der Waals surface area contributed by atoms with E-state index < -0.39 is 17.1 Å². The van der Waals surface area contributed by atoms with Crippen LogP contribution >= 0.6 is 0 Å². The predicted molar refractivity (Wildman–Crippen MR) is 121 cm³/mol. The lowest BCUT2D eigenvalue weighted by Crippen LogP contribution is -2.37. The number of carbonyl (C=O) groups excluding carboxylic acids is 1. The molecule has 0 spiro atoms. The van der Waals surface area contributed by atoms with Gasteiger partial charge in [0, 0.05) is 39.2 Å². The zero-order chi connectivity index (χ0) is 23.6. The van der Waals surface area contributed by atoms with Gasteiger partial charge in [-0.25, -0.2) is 9.18 Å². The summed E-state index contributed by atoms with van der Waals surface area (Å²) in [7, 11) is 2.92. The Hall–Kier alpha value is -3.43. The Kier molecular flexibility index (Phi) is 6.52. The van der Waals surface area contributed by atoms with Gasteiger partial charge >= 0.3 is 5.69 Å². The first-order chi connectivity index (χ1) is 15.0. The normalized spacial score (nSPS) is 11.7. The Morgan fingerprint density at radius 2 is 1.78 bits per heavy atom. The average Bonchev–Trinajstić information content (AvgIpc) is 3.07. The van der Waals surface area contributed by atoms with Crippen LogP contribution in [0.3, 0.4) is 0 Å². The first-order valence-corrected chi connectivity index (χ1v) is 10.4. The van der Waals surface area contributed by atoms with E-state index in [1.807, 2.05) is 20.8 Å². The molecule has 0 aliphatic rings. The molecule has 3 aromatic rings. The third-order valence-corrected chi connectivity index (χ3v) is 5.06. The summed E-state index contributed by atoms with van der Waals surface area (Å²) in [6.07, 6.45) is 0.400. The fourth-order valence-corrected chi connectivity index (χ4v) is 3.45. The van der Waals surface area contributed by atoms with Crippen molar-refractivity contribution in [2.24, 2.45) is 19.5 Å². The molecule has 0 saturated heterocycles. The third-order valence-electron chi connectivity index (χ3n) is 5.06. The average molecular weight is 445 g/mol. The van der Waals surface area contributed by atoms with Crippen LogP contribution in [0.4, 0.5) is 10.3 Å². The minimum absolute atomic E-state index is 0.0509. The Bertz CT molecular complexity index is 1270. The summed E-state index contributed by atoms with van der Waals surface area (Å²) in [6.45, 7) is 6.69. The molecule has 32 heavy (non-hydrogen) atoms. The molecule has 0 unspecified atom stereocenters. The van der Waals surface area contributed by atoms with E-state index in [-0.39, 0.29) is 29.0 Å². The number of anilines is 1. The number of imidazole rings is 1.